The molecule has 4 rings (SSSR count). The van der Waals surface area contributed by atoms with Crippen LogP contribution in [0.5, 0.6) is 0 Å². The number of aryl methyl sites for hydroxylation is 1. The number of anilines is 1. The zero-order valence-electron chi connectivity index (χ0n) is 19.9. The summed E-state index contributed by atoms with van der Waals surface area (Å²) in [5, 5.41) is 15.5. The predicted molar refractivity (Wildman–Crippen MR) is 128 cm³/mol. The van der Waals surface area contributed by atoms with Crippen LogP contribution >= 0.6 is 0 Å². The average Bonchev–Trinajstić information content (AvgIpc) is 3.46. The van der Waals surface area contributed by atoms with Gasteiger partial charge in [0.1, 0.15) is 12.0 Å². The molecule has 3 heterocycles. The highest BCUT2D eigenvalue weighted by Gasteiger charge is 2.33. The van der Waals surface area contributed by atoms with Crippen LogP contribution in [0.1, 0.15) is 52.6 Å². The van der Waals surface area contributed by atoms with Crippen molar-refractivity contribution in [3.8, 4) is 0 Å². The Morgan fingerprint density at radius 1 is 1.37 bits per heavy atom. The van der Waals surface area contributed by atoms with Gasteiger partial charge < -0.3 is 30.4 Å². The molecule has 1 aromatic carbocycles. The number of nitrogens with one attached hydrogen (secondary N) is 3. The molecule has 2 aromatic rings. The van der Waals surface area contributed by atoms with E-state index in [1.807, 2.05) is 0 Å². The number of aliphatic hydroxyl groups excluding tert-OH is 1. The van der Waals surface area contributed by atoms with Crippen LogP contribution in [-0.4, -0.2) is 64.7 Å². The van der Waals surface area contributed by atoms with Gasteiger partial charge in [0.25, 0.3) is 17.7 Å². The van der Waals surface area contributed by atoms with Crippen molar-refractivity contribution in [1.82, 2.24) is 15.2 Å². The van der Waals surface area contributed by atoms with Crippen molar-refractivity contribution >= 4 is 35.1 Å². The summed E-state index contributed by atoms with van der Waals surface area (Å²) in [5.41, 5.74) is 3.40. The molecule has 2 atom stereocenters. The van der Waals surface area contributed by atoms with Gasteiger partial charge in [-0.3, -0.25) is 14.4 Å². The van der Waals surface area contributed by atoms with Gasteiger partial charge in [0.05, 0.1) is 17.7 Å². The molecule has 0 spiro atoms. The van der Waals surface area contributed by atoms with Crippen molar-refractivity contribution in [3.63, 3.8) is 0 Å². The lowest BCUT2D eigenvalue weighted by atomic mass is 10.0. The quantitative estimate of drug-likeness (QED) is 0.449. The Bertz CT molecular complexity index is 1200. The fraction of sp³-hybridized carbons (Fsp3) is 0.400. The maximum absolute atomic E-state index is 13.8. The van der Waals surface area contributed by atoms with E-state index in [0.29, 0.717) is 58.7 Å². The van der Waals surface area contributed by atoms with Gasteiger partial charge in [-0.25, -0.2) is 4.39 Å². The molecule has 9 nitrogen and oxygen atoms in total. The average molecular weight is 485 g/mol. The van der Waals surface area contributed by atoms with Gasteiger partial charge >= 0.3 is 0 Å². The summed E-state index contributed by atoms with van der Waals surface area (Å²) in [5.74, 6) is -1.57. The number of aliphatic hydroxyl groups is 1. The number of amides is 3. The number of fused-ring (bicyclic) bond motifs is 1. The zero-order valence-corrected chi connectivity index (χ0v) is 19.9. The standard InChI is InChI=1S/C25H29FN4O5/c1-4-35-20(25(34)30-9-5-6-21(30)31)12-27-24(33)22-13(2)19(28-14(22)3)11-17-16-10-15(26)7-8-18(16)29-23(17)32/h7-8,10-11,20-21,28,31H,4-6,9,12H2,1-3H3,(H,27,33)(H,29,32)/b17-11-. The van der Waals surface area contributed by atoms with Crippen LogP contribution in [0.25, 0.3) is 11.6 Å². The number of aromatic nitrogens is 1. The van der Waals surface area contributed by atoms with Crippen molar-refractivity contribution in [2.45, 2.75) is 45.9 Å². The van der Waals surface area contributed by atoms with Crippen LogP contribution in [0.2, 0.25) is 0 Å². The third-order valence-corrected chi connectivity index (χ3v) is 6.35. The number of benzene rings is 1. The van der Waals surface area contributed by atoms with Gasteiger partial charge in [-0.1, -0.05) is 0 Å². The first-order valence-corrected chi connectivity index (χ1v) is 11.6. The monoisotopic (exact) mass is 484 g/mol. The van der Waals surface area contributed by atoms with Gasteiger partial charge in [0, 0.05) is 35.8 Å². The minimum atomic E-state index is -0.911. The molecule has 0 bridgehead atoms. The van der Waals surface area contributed by atoms with Gasteiger partial charge in [-0.15, -0.1) is 0 Å². The molecule has 4 N–H and O–H groups in total. The SMILES string of the molecule is CCOC(CNC(=O)c1c(C)[nH]c(/C=C2\C(=O)Nc3ccc(F)cc32)c1C)C(=O)N1CCCC1O. The molecule has 2 aliphatic rings. The first kappa shape index (κ1) is 24.6. The Hall–Kier alpha value is -3.50. The van der Waals surface area contributed by atoms with Crippen molar-refractivity contribution in [3.05, 3.63) is 52.1 Å². The molecule has 186 valence electrons. The molecule has 1 aromatic heterocycles. The van der Waals surface area contributed by atoms with Crippen LogP contribution in [0, 0.1) is 19.7 Å². The van der Waals surface area contributed by atoms with Crippen molar-refractivity contribution < 1.29 is 28.6 Å². The normalized spacial score (nSPS) is 19.1. The minimum Gasteiger partial charge on any atom is -0.374 e. The van der Waals surface area contributed by atoms with E-state index in [4.69, 9.17) is 4.74 Å². The molecular formula is C25H29FN4O5. The molecule has 0 radical (unpaired) electrons. The van der Waals surface area contributed by atoms with E-state index in [0.717, 1.165) is 0 Å². The molecule has 10 heteroatoms. The highest BCUT2D eigenvalue weighted by atomic mass is 19.1. The van der Waals surface area contributed by atoms with Gasteiger partial charge in [0.15, 0.2) is 6.10 Å². The van der Waals surface area contributed by atoms with Crippen molar-refractivity contribution in [2.75, 3.05) is 25.0 Å². The lowest BCUT2D eigenvalue weighted by Gasteiger charge is -2.26. The number of halogens is 1. The van der Waals surface area contributed by atoms with Crippen molar-refractivity contribution in [2.24, 2.45) is 0 Å². The summed E-state index contributed by atoms with van der Waals surface area (Å²) in [6, 6.07) is 4.07. The highest BCUT2D eigenvalue weighted by Crippen LogP contribution is 2.34. The van der Waals surface area contributed by atoms with E-state index in [-0.39, 0.29) is 25.0 Å². The number of hydrogen-bond acceptors (Lipinski definition) is 5. The third kappa shape index (κ3) is 4.85. The Balaban J connectivity index is 1.52. The Labute approximate surface area is 202 Å². The number of nitrogens with zero attached hydrogens (tertiary/aromatic N) is 1. The fourth-order valence-electron chi connectivity index (χ4n) is 4.59. The van der Waals surface area contributed by atoms with E-state index >= 15 is 0 Å². The summed E-state index contributed by atoms with van der Waals surface area (Å²) in [6.45, 7) is 5.91. The molecular weight excluding hydrogens is 455 g/mol. The highest BCUT2D eigenvalue weighted by molar-refractivity contribution is 6.34. The Morgan fingerprint density at radius 3 is 2.83 bits per heavy atom. The second kappa shape index (κ2) is 10.0. The fourth-order valence-corrected chi connectivity index (χ4v) is 4.59. The minimum absolute atomic E-state index is 0.0513. The number of carbonyl (C=O) groups is 3. The first-order chi connectivity index (χ1) is 16.7. The molecule has 35 heavy (non-hydrogen) atoms. The molecule has 1 fully saturated rings. The number of likely N-dealkylation sites (tertiary alicyclic amines) is 1. The summed E-state index contributed by atoms with van der Waals surface area (Å²) >= 11 is 0. The van der Waals surface area contributed by atoms with E-state index < -0.39 is 24.1 Å². The molecule has 1 saturated heterocycles. The number of hydrogen-bond donors (Lipinski definition) is 4. The van der Waals surface area contributed by atoms with Gasteiger partial charge in [-0.2, -0.15) is 0 Å². The maximum atomic E-state index is 13.8. The lowest BCUT2D eigenvalue weighted by Crippen LogP contribution is -2.48. The second-order valence-corrected chi connectivity index (χ2v) is 8.67. The summed E-state index contributed by atoms with van der Waals surface area (Å²) in [4.78, 5) is 42.8. The van der Waals surface area contributed by atoms with E-state index in [2.05, 4.69) is 15.6 Å². The molecule has 0 aliphatic carbocycles. The summed E-state index contributed by atoms with van der Waals surface area (Å²) in [7, 11) is 0. The molecule has 0 saturated carbocycles. The van der Waals surface area contributed by atoms with Crippen LogP contribution in [0.15, 0.2) is 18.2 Å². The number of aromatic amines is 1. The number of ether oxygens (including phenoxy) is 1. The Kier molecular flexibility index (Phi) is 7.04. The molecule has 2 unspecified atom stereocenters. The van der Waals surface area contributed by atoms with E-state index in [1.165, 1.54) is 23.1 Å². The second-order valence-electron chi connectivity index (χ2n) is 8.67. The Morgan fingerprint density at radius 2 is 2.14 bits per heavy atom. The topological polar surface area (TPSA) is 124 Å². The maximum Gasteiger partial charge on any atom is 0.256 e. The smallest absolute Gasteiger partial charge is 0.256 e. The zero-order chi connectivity index (χ0) is 25.3. The first-order valence-electron chi connectivity index (χ1n) is 11.6. The van der Waals surface area contributed by atoms with Crippen LogP contribution in [0.4, 0.5) is 10.1 Å². The molecule has 2 aliphatic heterocycles. The molecule has 3 amide bonds. The van der Waals surface area contributed by atoms with Crippen LogP contribution in [-0.2, 0) is 14.3 Å². The van der Waals surface area contributed by atoms with Gasteiger partial charge in [-0.05, 0) is 63.5 Å². The number of H-pyrrole nitrogens is 1. The number of carbonyl (C=O) groups excluding carboxylic acids is 3. The largest absolute Gasteiger partial charge is 0.374 e. The van der Waals surface area contributed by atoms with E-state index in [1.54, 1.807) is 26.8 Å². The number of rotatable bonds is 7. The third-order valence-electron chi connectivity index (χ3n) is 6.35. The summed E-state index contributed by atoms with van der Waals surface area (Å²) < 4.78 is 19.3. The van der Waals surface area contributed by atoms with Crippen LogP contribution in [0.3, 0.4) is 0 Å². The van der Waals surface area contributed by atoms with Crippen LogP contribution < -0.4 is 10.6 Å². The summed E-state index contributed by atoms with van der Waals surface area (Å²) in [6.07, 6.45) is 1.09. The predicted octanol–water partition coefficient (Wildman–Crippen LogP) is 2.34. The van der Waals surface area contributed by atoms with Gasteiger partial charge in [0.2, 0.25) is 0 Å². The lowest BCUT2D eigenvalue weighted by molar-refractivity contribution is -0.149. The van der Waals surface area contributed by atoms with Crippen molar-refractivity contribution in [1.29, 1.82) is 0 Å². The van der Waals surface area contributed by atoms with E-state index in [9.17, 15) is 23.9 Å².